The van der Waals surface area contributed by atoms with Crippen LogP contribution in [0.5, 0.6) is 0 Å². The highest BCUT2D eigenvalue weighted by Crippen LogP contribution is 2.28. The van der Waals surface area contributed by atoms with Crippen molar-refractivity contribution in [2.75, 3.05) is 17.2 Å². The molecule has 0 aliphatic heterocycles. The van der Waals surface area contributed by atoms with E-state index in [4.69, 9.17) is 0 Å². The molecule has 2 N–H and O–H groups in total. The Hall–Kier alpha value is -1.62. The predicted octanol–water partition coefficient (Wildman–Crippen LogP) is 3.71. The third-order valence-corrected chi connectivity index (χ3v) is 3.69. The van der Waals surface area contributed by atoms with Gasteiger partial charge in [0.05, 0.1) is 6.54 Å². The van der Waals surface area contributed by atoms with Gasteiger partial charge >= 0.3 is 0 Å². The van der Waals surface area contributed by atoms with E-state index in [1.54, 1.807) is 17.7 Å². The van der Waals surface area contributed by atoms with E-state index < -0.39 is 0 Å². The molecule has 0 fully saturated rings. The molecule has 0 aromatic carbocycles. The highest BCUT2D eigenvalue weighted by molar-refractivity contribution is 7.09. The van der Waals surface area contributed by atoms with Crippen molar-refractivity contribution in [3.8, 4) is 0 Å². The van der Waals surface area contributed by atoms with Gasteiger partial charge in [0.2, 0.25) is 0 Å². The Morgan fingerprint density at radius 1 is 1.21 bits per heavy atom. The largest absolute Gasteiger partial charge is 0.370 e. The lowest BCUT2D eigenvalue weighted by Gasteiger charge is -2.17. The van der Waals surface area contributed by atoms with E-state index in [-0.39, 0.29) is 0 Å². The minimum atomic E-state index is 0.376. The second-order valence-electron chi connectivity index (χ2n) is 4.60. The minimum absolute atomic E-state index is 0.376. The van der Waals surface area contributed by atoms with Crippen molar-refractivity contribution in [1.29, 1.82) is 0 Å². The summed E-state index contributed by atoms with van der Waals surface area (Å²) in [4.78, 5) is 10.0. The zero-order valence-corrected chi connectivity index (χ0v) is 12.4. The van der Waals surface area contributed by atoms with Gasteiger partial charge in [0.25, 0.3) is 0 Å². The Kier molecular flexibility index (Phi) is 4.74. The molecule has 0 bridgehead atoms. The van der Waals surface area contributed by atoms with E-state index >= 15 is 0 Å². The van der Waals surface area contributed by atoms with Gasteiger partial charge in [-0.2, -0.15) is 0 Å². The maximum Gasteiger partial charge on any atom is 0.135 e. The summed E-state index contributed by atoms with van der Waals surface area (Å²) in [7, 11) is 0. The van der Waals surface area contributed by atoms with Gasteiger partial charge in [0, 0.05) is 17.0 Å². The maximum absolute atomic E-state index is 4.38. The third kappa shape index (κ3) is 3.44. The highest BCUT2D eigenvalue weighted by atomic mass is 32.1. The number of thiophene rings is 1. The number of anilines is 2. The molecule has 0 amide bonds. The van der Waals surface area contributed by atoms with Gasteiger partial charge in [0.1, 0.15) is 18.0 Å². The monoisotopic (exact) mass is 276 g/mol. The summed E-state index contributed by atoms with van der Waals surface area (Å²) in [6.07, 6.45) is 1.61. The molecule has 4 nitrogen and oxygen atoms in total. The van der Waals surface area contributed by atoms with E-state index in [1.165, 1.54) is 4.88 Å². The molecule has 0 aliphatic carbocycles. The van der Waals surface area contributed by atoms with Crippen LogP contribution in [0.1, 0.15) is 37.1 Å². The molecular weight excluding hydrogens is 256 g/mol. The molecule has 0 radical (unpaired) electrons. The Balaban J connectivity index is 2.20. The van der Waals surface area contributed by atoms with Crippen LogP contribution in [-0.2, 0) is 6.54 Å². The summed E-state index contributed by atoms with van der Waals surface area (Å²) >= 11 is 1.75. The Labute approximate surface area is 118 Å². The second kappa shape index (κ2) is 6.52. The van der Waals surface area contributed by atoms with Gasteiger partial charge in [-0.05, 0) is 24.3 Å². The van der Waals surface area contributed by atoms with Gasteiger partial charge in [-0.15, -0.1) is 11.3 Å². The molecular formula is C14H20N4S. The molecule has 0 atom stereocenters. The average molecular weight is 276 g/mol. The number of nitrogens with one attached hydrogen (secondary N) is 2. The van der Waals surface area contributed by atoms with Gasteiger partial charge in [0.15, 0.2) is 0 Å². The fraction of sp³-hybridized carbons (Fsp3) is 0.429. The zero-order valence-electron chi connectivity index (χ0n) is 11.6. The molecule has 0 saturated carbocycles. The van der Waals surface area contributed by atoms with Crippen LogP contribution in [-0.4, -0.2) is 16.5 Å². The molecule has 0 unspecified atom stereocenters. The SMILES string of the molecule is CCNc1ncnc(NCc2cccs2)c1C(C)C. The van der Waals surface area contributed by atoms with E-state index in [0.29, 0.717) is 5.92 Å². The van der Waals surface area contributed by atoms with Crippen LogP contribution >= 0.6 is 11.3 Å². The molecule has 0 aliphatic rings. The summed E-state index contributed by atoms with van der Waals surface area (Å²) in [5, 5.41) is 8.81. The first-order valence-corrected chi connectivity index (χ1v) is 7.45. The molecule has 2 heterocycles. The fourth-order valence-electron chi connectivity index (χ4n) is 1.98. The Bertz CT molecular complexity index is 508. The third-order valence-electron chi connectivity index (χ3n) is 2.82. The molecule has 5 heteroatoms. The molecule has 0 saturated heterocycles. The number of hydrogen-bond donors (Lipinski definition) is 2. The molecule has 2 aromatic rings. The van der Waals surface area contributed by atoms with Crippen molar-refractivity contribution >= 4 is 23.0 Å². The maximum atomic E-state index is 4.38. The number of nitrogens with zero attached hydrogens (tertiary/aromatic N) is 2. The van der Waals surface area contributed by atoms with Gasteiger partial charge in [-0.25, -0.2) is 9.97 Å². The average Bonchev–Trinajstić information content (AvgIpc) is 2.89. The highest BCUT2D eigenvalue weighted by Gasteiger charge is 2.14. The summed E-state index contributed by atoms with van der Waals surface area (Å²) in [5.41, 5.74) is 1.15. The first kappa shape index (κ1) is 13.8. The van der Waals surface area contributed by atoms with Crippen molar-refractivity contribution in [3.63, 3.8) is 0 Å². The Morgan fingerprint density at radius 3 is 2.53 bits per heavy atom. The summed E-state index contributed by atoms with van der Waals surface area (Å²) in [6, 6.07) is 4.19. The van der Waals surface area contributed by atoms with E-state index in [2.05, 4.69) is 58.9 Å². The predicted molar refractivity (Wildman–Crippen MR) is 81.9 cm³/mol. The minimum Gasteiger partial charge on any atom is -0.370 e. The molecule has 102 valence electrons. The normalized spacial score (nSPS) is 10.7. The Morgan fingerprint density at radius 2 is 1.95 bits per heavy atom. The van der Waals surface area contributed by atoms with E-state index in [0.717, 1.165) is 30.3 Å². The van der Waals surface area contributed by atoms with Crippen LogP contribution in [0, 0.1) is 0 Å². The van der Waals surface area contributed by atoms with Gasteiger partial charge < -0.3 is 10.6 Å². The van der Waals surface area contributed by atoms with E-state index in [1.807, 2.05) is 0 Å². The molecule has 19 heavy (non-hydrogen) atoms. The van der Waals surface area contributed by atoms with Crippen molar-refractivity contribution in [2.45, 2.75) is 33.2 Å². The first-order chi connectivity index (χ1) is 9.22. The zero-order chi connectivity index (χ0) is 13.7. The summed E-state index contributed by atoms with van der Waals surface area (Å²) < 4.78 is 0. The molecule has 2 rings (SSSR count). The van der Waals surface area contributed by atoms with Crippen LogP contribution in [0.2, 0.25) is 0 Å². The van der Waals surface area contributed by atoms with Gasteiger partial charge in [-0.3, -0.25) is 0 Å². The van der Waals surface area contributed by atoms with Crippen LogP contribution in [0.3, 0.4) is 0 Å². The summed E-state index contributed by atoms with van der Waals surface area (Å²) in [6.45, 7) is 8.07. The van der Waals surface area contributed by atoms with Crippen molar-refractivity contribution in [1.82, 2.24) is 9.97 Å². The van der Waals surface area contributed by atoms with E-state index in [9.17, 15) is 0 Å². The lowest BCUT2D eigenvalue weighted by Crippen LogP contribution is -2.10. The van der Waals surface area contributed by atoms with Crippen LogP contribution in [0.15, 0.2) is 23.8 Å². The molecule has 0 spiro atoms. The quantitative estimate of drug-likeness (QED) is 0.844. The van der Waals surface area contributed by atoms with Gasteiger partial charge in [-0.1, -0.05) is 19.9 Å². The lowest BCUT2D eigenvalue weighted by atomic mass is 10.0. The number of hydrogen-bond acceptors (Lipinski definition) is 5. The van der Waals surface area contributed by atoms with Crippen LogP contribution < -0.4 is 10.6 Å². The lowest BCUT2D eigenvalue weighted by molar-refractivity contribution is 0.844. The second-order valence-corrected chi connectivity index (χ2v) is 5.63. The summed E-state index contributed by atoms with van der Waals surface area (Å²) in [5.74, 6) is 2.23. The smallest absolute Gasteiger partial charge is 0.135 e. The standard InChI is InChI=1S/C14H20N4S/c1-4-15-13-12(10(2)3)14(18-9-17-13)16-8-11-6-5-7-19-11/h5-7,9-10H,4,8H2,1-3H3,(H2,15,16,17,18). The molecule has 2 aromatic heterocycles. The first-order valence-electron chi connectivity index (χ1n) is 6.57. The number of aromatic nitrogens is 2. The van der Waals surface area contributed by atoms with Crippen molar-refractivity contribution in [2.24, 2.45) is 0 Å². The van der Waals surface area contributed by atoms with Crippen LogP contribution in [0.4, 0.5) is 11.6 Å². The fourth-order valence-corrected chi connectivity index (χ4v) is 2.62. The van der Waals surface area contributed by atoms with Crippen molar-refractivity contribution < 1.29 is 0 Å². The van der Waals surface area contributed by atoms with Crippen molar-refractivity contribution in [3.05, 3.63) is 34.3 Å². The topological polar surface area (TPSA) is 49.8 Å². The van der Waals surface area contributed by atoms with Crippen LogP contribution in [0.25, 0.3) is 0 Å². The number of rotatable bonds is 6.